The molecule has 40 heavy (non-hydrogen) atoms. The van der Waals surface area contributed by atoms with Crippen molar-refractivity contribution in [3.8, 4) is 0 Å². The van der Waals surface area contributed by atoms with Crippen LogP contribution in [-0.4, -0.2) is 71.5 Å². The number of carboxylic acid groups (broad SMARTS) is 1. The summed E-state index contributed by atoms with van der Waals surface area (Å²) in [5, 5.41) is 34.4. The molecule has 0 heterocycles. The van der Waals surface area contributed by atoms with Gasteiger partial charge in [-0.05, 0) is 65.9 Å². The molecule has 11 heteroatoms. The van der Waals surface area contributed by atoms with E-state index in [1.54, 1.807) is 0 Å². The minimum Gasteiger partial charge on any atom is -0.554 e. The van der Waals surface area contributed by atoms with Gasteiger partial charge in [0.25, 0.3) is 0 Å². The van der Waals surface area contributed by atoms with Crippen LogP contribution in [0, 0.1) is 5.92 Å². The molecule has 3 rings (SSSR count). The Labute approximate surface area is 263 Å². The van der Waals surface area contributed by atoms with Gasteiger partial charge in [-0.25, -0.2) is 0 Å². The molecule has 2 aromatic rings. The van der Waals surface area contributed by atoms with Gasteiger partial charge >= 0.3 is 29.6 Å². The summed E-state index contributed by atoms with van der Waals surface area (Å²) >= 11 is 1.91. The van der Waals surface area contributed by atoms with Crippen molar-refractivity contribution < 1.29 is 64.0 Å². The molecule has 2 aromatic carbocycles. The Kier molecular flexibility index (Phi) is 22.0. The predicted octanol–water partition coefficient (Wildman–Crippen LogP) is -1.20. The topological polar surface area (TPSA) is 162 Å². The fourth-order valence-corrected chi connectivity index (χ4v) is 5.09. The van der Waals surface area contributed by atoms with Crippen LogP contribution in [0.1, 0.15) is 51.5 Å². The molecule has 1 saturated carbocycles. The second-order valence-electron chi connectivity index (χ2n) is 9.44. The molecule has 2 amide bonds. The van der Waals surface area contributed by atoms with Gasteiger partial charge in [-0.15, -0.1) is 0 Å². The molecule has 0 bridgehead atoms. The molecule has 4 atom stereocenters. The van der Waals surface area contributed by atoms with Crippen molar-refractivity contribution in [3.63, 3.8) is 0 Å². The zero-order chi connectivity index (χ0) is 29.0. The van der Waals surface area contributed by atoms with Gasteiger partial charge in [-0.3, -0.25) is 9.59 Å². The van der Waals surface area contributed by atoms with E-state index in [1.807, 2.05) is 48.2 Å². The number of carbonyl (C=O) groups excluding carboxylic acids is 3. The van der Waals surface area contributed by atoms with Crippen molar-refractivity contribution in [2.75, 3.05) is 24.7 Å². The van der Waals surface area contributed by atoms with Crippen LogP contribution < -0.4 is 45.7 Å². The van der Waals surface area contributed by atoms with Crippen molar-refractivity contribution in [2.24, 2.45) is 11.7 Å². The molecular formula is C29H43N2NaO7S. The number of hydrogen-bond donors (Lipinski definition) is 4. The van der Waals surface area contributed by atoms with E-state index in [2.05, 4.69) is 24.0 Å². The molecule has 218 valence electrons. The molecule has 0 spiro atoms. The molecule has 0 aromatic heterocycles. The van der Waals surface area contributed by atoms with Crippen molar-refractivity contribution in [3.05, 3.63) is 48.0 Å². The smallest absolute Gasteiger partial charge is 0.554 e. The third kappa shape index (κ3) is 17.2. The van der Waals surface area contributed by atoms with E-state index >= 15 is 0 Å². The third-order valence-electron chi connectivity index (χ3n) is 6.15. The summed E-state index contributed by atoms with van der Waals surface area (Å²) in [6.07, 6.45) is 2.87. The first-order valence-corrected chi connectivity index (χ1v) is 14.5. The summed E-state index contributed by atoms with van der Waals surface area (Å²) in [6, 6.07) is 14.2. The van der Waals surface area contributed by atoms with Crippen LogP contribution in [0.4, 0.5) is 0 Å². The standard InChI is InChI=1S/C26H37NO4S.C2H5NO.CH2O2.Na/c1-2-32-13-5-12-31-24-17-22(16-23(28)18-24)25(29)10-11-27-26(30)15-19-8-9-20-6-3-4-7-21(20)14-19;1-2(3)4;2-1-3;/h3-4,6-9,14,22-25,28-29H,2,5,10-13,15-18H2,1H3,(H,27,30);1H3,(H2,3,4);1H,(H,2,3);/q;;;+1/p-1. The van der Waals surface area contributed by atoms with Crippen molar-refractivity contribution in [1.82, 2.24) is 5.32 Å². The maximum Gasteiger partial charge on any atom is 1.00 e. The molecule has 1 fully saturated rings. The van der Waals surface area contributed by atoms with Gasteiger partial charge in [-0.2, -0.15) is 11.8 Å². The maximum absolute atomic E-state index is 12.3. The molecule has 5 N–H and O–H groups in total. The number of carbonyl (C=O) groups is 3. The minimum atomic E-state index is -0.548. The summed E-state index contributed by atoms with van der Waals surface area (Å²) in [7, 11) is 0. The molecule has 1 aliphatic rings. The Bertz CT molecular complexity index is 994. The van der Waals surface area contributed by atoms with Crippen molar-refractivity contribution in [1.29, 1.82) is 0 Å². The number of rotatable bonds is 12. The van der Waals surface area contributed by atoms with E-state index in [0.717, 1.165) is 40.7 Å². The molecule has 9 nitrogen and oxygen atoms in total. The first-order chi connectivity index (χ1) is 18.7. The van der Waals surface area contributed by atoms with Crippen LogP contribution in [0.2, 0.25) is 0 Å². The van der Waals surface area contributed by atoms with Gasteiger partial charge in [0, 0.05) is 26.5 Å². The van der Waals surface area contributed by atoms with Crippen LogP contribution in [0.25, 0.3) is 10.8 Å². The van der Waals surface area contributed by atoms with Gasteiger partial charge < -0.3 is 35.9 Å². The zero-order valence-corrected chi connectivity index (χ0v) is 26.7. The molecule has 0 aliphatic heterocycles. The minimum absolute atomic E-state index is 0. The summed E-state index contributed by atoms with van der Waals surface area (Å²) in [5.41, 5.74) is 5.45. The van der Waals surface area contributed by atoms with Crippen LogP contribution in [0.3, 0.4) is 0 Å². The van der Waals surface area contributed by atoms with E-state index in [0.29, 0.717) is 38.8 Å². The molecule has 1 aliphatic carbocycles. The van der Waals surface area contributed by atoms with E-state index < -0.39 is 18.7 Å². The number of benzene rings is 2. The third-order valence-corrected chi connectivity index (χ3v) is 7.14. The first-order valence-electron chi connectivity index (χ1n) is 13.3. The van der Waals surface area contributed by atoms with Gasteiger partial charge in [0.15, 0.2) is 0 Å². The number of thioether (sulfide) groups is 1. The summed E-state index contributed by atoms with van der Waals surface area (Å²) in [6.45, 7) is 4.10. The van der Waals surface area contributed by atoms with Crippen LogP contribution in [0.15, 0.2) is 42.5 Å². The van der Waals surface area contributed by atoms with Gasteiger partial charge in [-0.1, -0.05) is 49.4 Å². The van der Waals surface area contributed by atoms with Crippen LogP contribution in [-0.2, 0) is 25.5 Å². The average molecular weight is 587 g/mol. The van der Waals surface area contributed by atoms with E-state index in [-0.39, 0.29) is 53.4 Å². The number of aliphatic hydroxyl groups excluding tert-OH is 2. The largest absolute Gasteiger partial charge is 1.00 e. The van der Waals surface area contributed by atoms with Crippen LogP contribution >= 0.6 is 11.8 Å². The monoisotopic (exact) mass is 586 g/mol. The second kappa shape index (κ2) is 23.0. The Hall–Kier alpha value is -1.66. The number of fused-ring (bicyclic) bond motifs is 1. The fraction of sp³-hybridized carbons (Fsp3) is 0.552. The number of amides is 2. The Morgan fingerprint density at radius 2 is 1.85 bits per heavy atom. The van der Waals surface area contributed by atoms with Crippen LogP contribution in [0.5, 0.6) is 0 Å². The van der Waals surface area contributed by atoms with Gasteiger partial charge in [0.2, 0.25) is 11.8 Å². The van der Waals surface area contributed by atoms with Crippen molar-refractivity contribution >= 4 is 40.8 Å². The fourth-order valence-electron chi connectivity index (χ4n) is 4.48. The number of aliphatic hydroxyl groups is 2. The zero-order valence-electron chi connectivity index (χ0n) is 23.9. The van der Waals surface area contributed by atoms with E-state index in [9.17, 15) is 19.8 Å². The number of primary amides is 1. The Morgan fingerprint density at radius 3 is 2.50 bits per heavy atom. The summed E-state index contributed by atoms with van der Waals surface area (Å²) in [4.78, 5) is 29.8. The molecular weight excluding hydrogens is 543 g/mol. The normalized spacial score (nSPS) is 18.6. The number of hydrogen-bond acceptors (Lipinski definition) is 8. The predicted molar refractivity (Wildman–Crippen MR) is 153 cm³/mol. The maximum atomic E-state index is 12.3. The molecule has 4 unspecified atom stereocenters. The number of nitrogens with one attached hydrogen (secondary N) is 1. The Morgan fingerprint density at radius 1 is 1.20 bits per heavy atom. The number of nitrogens with two attached hydrogens (primary N) is 1. The first kappa shape index (κ1) is 38.3. The average Bonchev–Trinajstić information content (AvgIpc) is 2.88. The summed E-state index contributed by atoms with van der Waals surface area (Å²) < 4.78 is 5.97. The quantitative estimate of drug-likeness (QED) is 0.137. The molecule has 0 saturated heterocycles. The van der Waals surface area contributed by atoms with Gasteiger partial charge in [0.1, 0.15) is 0 Å². The van der Waals surface area contributed by atoms with E-state index in [4.69, 9.17) is 14.6 Å². The molecule has 0 radical (unpaired) electrons. The SMILES string of the molecule is CC(N)=O.CCSCCCOC1CC(O)CC(C(O)CCNC(=O)Cc2ccc3ccccc3c2)C1.O=C[O-].[Na+]. The van der Waals surface area contributed by atoms with E-state index in [1.165, 1.54) is 6.92 Å². The van der Waals surface area contributed by atoms with Gasteiger partial charge in [0.05, 0.1) is 24.7 Å². The number of ether oxygens (including phenoxy) is 1. The summed E-state index contributed by atoms with van der Waals surface area (Å²) in [5.74, 6) is 1.85. The second-order valence-corrected chi connectivity index (χ2v) is 10.8. The Balaban J connectivity index is 0.00000171. The van der Waals surface area contributed by atoms with Crippen molar-refractivity contribution in [2.45, 2.75) is 70.7 Å².